The molecule has 0 radical (unpaired) electrons. The van der Waals surface area contributed by atoms with Crippen LogP contribution >= 0.6 is 0 Å². The van der Waals surface area contributed by atoms with Crippen molar-refractivity contribution in [3.05, 3.63) is 58.7 Å². The van der Waals surface area contributed by atoms with Gasteiger partial charge in [0.05, 0.1) is 10.6 Å². The van der Waals surface area contributed by atoms with Crippen LogP contribution in [0.5, 0.6) is 0 Å². The summed E-state index contributed by atoms with van der Waals surface area (Å²) in [7, 11) is -3.51. The zero-order valence-corrected chi connectivity index (χ0v) is 14.1. The Labute approximate surface area is 132 Å². The van der Waals surface area contributed by atoms with Gasteiger partial charge in [0.15, 0.2) is 0 Å². The summed E-state index contributed by atoms with van der Waals surface area (Å²) < 4.78 is 27.8. The SMILES string of the molecule is Cc1ccc(S(=O)(=O)N2CCCc3ccc(C)cc32)c(C)c1. The van der Waals surface area contributed by atoms with Crippen molar-refractivity contribution in [2.24, 2.45) is 0 Å². The van der Waals surface area contributed by atoms with Crippen molar-refractivity contribution in [3.8, 4) is 0 Å². The molecule has 1 aliphatic heterocycles. The van der Waals surface area contributed by atoms with E-state index in [9.17, 15) is 8.42 Å². The number of anilines is 1. The molecule has 22 heavy (non-hydrogen) atoms. The minimum Gasteiger partial charge on any atom is -0.266 e. The van der Waals surface area contributed by atoms with Gasteiger partial charge in [-0.05, 0) is 62.4 Å². The number of benzene rings is 2. The van der Waals surface area contributed by atoms with E-state index in [0.717, 1.165) is 40.8 Å². The zero-order valence-electron chi connectivity index (χ0n) is 13.3. The second-order valence-electron chi connectivity index (χ2n) is 6.08. The van der Waals surface area contributed by atoms with Crippen LogP contribution in [0.1, 0.15) is 28.7 Å². The number of hydrogen-bond donors (Lipinski definition) is 0. The van der Waals surface area contributed by atoms with E-state index in [1.54, 1.807) is 10.4 Å². The van der Waals surface area contributed by atoms with Crippen molar-refractivity contribution in [2.75, 3.05) is 10.8 Å². The lowest BCUT2D eigenvalue weighted by Crippen LogP contribution is -2.35. The van der Waals surface area contributed by atoms with Gasteiger partial charge in [-0.1, -0.05) is 29.8 Å². The molecule has 0 aliphatic carbocycles. The highest BCUT2D eigenvalue weighted by molar-refractivity contribution is 7.92. The van der Waals surface area contributed by atoms with Crippen LogP contribution in [0.4, 0.5) is 5.69 Å². The molecule has 2 aromatic carbocycles. The third kappa shape index (κ3) is 2.52. The fourth-order valence-corrected chi connectivity index (χ4v) is 4.85. The Kier molecular flexibility index (Phi) is 3.73. The molecule has 0 fully saturated rings. The van der Waals surface area contributed by atoms with Crippen LogP contribution in [0.15, 0.2) is 41.3 Å². The maximum atomic E-state index is 13.1. The summed E-state index contributed by atoms with van der Waals surface area (Å²) in [5.41, 5.74) is 4.92. The second kappa shape index (κ2) is 5.43. The van der Waals surface area contributed by atoms with Gasteiger partial charge in [0, 0.05) is 6.54 Å². The van der Waals surface area contributed by atoms with Crippen LogP contribution in [0.25, 0.3) is 0 Å². The predicted molar refractivity (Wildman–Crippen MR) is 89.9 cm³/mol. The lowest BCUT2D eigenvalue weighted by atomic mass is 10.0. The molecule has 3 nitrogen and oxygen atoms in total. The summed E-state index contributed by atoms with van der Waals surface area (Å²) in [5.74, 6) is 0. The number of hydrogen-bond acceptors (Lipinski definition) is 2. The Morgan fingerprint density at radius 1 is 0.955 bits per heavy atom. The van der Waals surface area contributed by atoms with E-state index < -0.39 is 10.0 Å². The second-order valence-corrected chi connectivity index (χ2v) is 7.91. The molecule has 0 unspecified atom stereocenters. The number of nitrogens with zero attached hydrogens (tertiary/aromatic N) is 1. The van der Waals surface area contributed by atoms with Crippen molar-refractivity contribution >= 4 is 15.7 Å². The monoisotopic (exact) mass is 315 g/mol. The molecule has 1 heterocycles. The highest BCUT2D eigenvalue weighted by Crippen LogP contribution is 2.33. The van der Waals surface area contributed by atoms with E-state index in [1.807, 2.05) is 51.1 Å². The highest BCUT2D eigenvalue weighted by Gasteiger charge is 2.30. The van der Waals surface area contributed by atoms with Gasteiger partial charge >= 0.3 is 0 Å². The van der Waals surface area contributed by atoms with Gasteiger partial charge in [0.2, 0.25) is 0 Å². The average molecular weight is 315 g/mol. The predicted octanol–water partition coefficient (Wildman–Crippen LogP) is 3.75. The Balaban J connectivity index is 2.13. The summed E-state index contributed by atoms with van der Waals surface area (Å²) in [6.07, 6.45) is 1.80. The Hall–Kier alpha value is -1.81. The minimum atomic E-state index is -3.51. The van der Waals surface area contributed by atoms with E-state index in [0.29, 0.717) is 11.4 Å². The van der Waals surface area contributed by atoms with Crippen LogP contribution in [-0.2, 0) is 16.4 Å². The van der Waals surface area contributed by atoms with Crippen LogP contribution in [0, 0.1) is 20.8 Å². The van der Waals surface area contributed by atoms with E-state index in [4.69, 9.17) is 0 Å². The summed E-state index contributed by atoms with van der Waals surface area (Å²) in [4.78, 5) is 0.410. The van der Waals surface area contributed by atoms with Crippen molar-refractivity contribution in [2.45, 2.75) is 38.5 Å². The molecule has 0 amide bonds. The molecule has 2 aromatic rings. The van der Waals surface area contributed by atoms with Crippen molar-refractivity contribution in [3.63, 3.8) is 0 Å². The highest BCUT2D eigenvalue weighted by atomic mass is 32.2. The molecular formula is C18H21NO2S. The largest absolute Gasteiger partial charge is 0.266 e. The first kappa shape index (κ1) is 15.1. The summed E-state index contributed by atoms with van der Waals surface area (Å²) >= 11 is 0. The van der Waals surface area contributed by atoms with Gasteiger partial charge < -0.3 is 0 Å². The van der Waals surface area contributed by atoms with Crippen molar-refractivity contribution in [1.82, 2.24) is 0 Å². The first-order valence-corrected chi connectivity index (χ1v) is 9.03. The molecule has 1 aliphatic rings. The summed E-state index contributed by atoms with van der Waals surface area (Å²) in [6.45, 7) is 6.38. The maximum Gasteiger partial charge on any atom is 0.264 e. The molecule has 0 atom stereocenters. The van der Waals surface area contributed by atoms with Crippen LogP contribution < -0.4 is 4.31 Å². The van der Waals surface area contributed by atoms with Crippen molar-refractivity contribution in [1.29, 1.82) is 0 Å². The van der Waals surface area contributed by atoms with Gasteiger partial charge in [-0.2, -0.15) is 0 Å². The van der Waals surface area contributed by atoms with E-state index in [1.165, 1.54) is 0 Å². The molecule has 0 aromatic heterocycles. The van der Waals surface area contributed by atoms with Crippen LogP contribution in [0.2, 0.25) is 0 Å². The van der Waals surface area contributed by atoms with Crippen LogP contribution in [-0.4, -0.2) is 15.0 Å². The summed E-state index contributed by atoms with van der Waals surface area (Å²) in [6, 6.07) is 11.6. The molecule has 116 valence electrons. The van der Waals surface area contributed by atoms with Gasteiger partial charge in [-0.25, -0.2) is 8.42 Å². The van der Waals surface area contributed by atoms with Gasteiger partial charge in [-0.15, -0.1) is 0 Å². The normalized spacial score (nSPS) is 14.8. The Bertz CT molecular complexity index is 825. The van der Waals surface area contributed by atoms with E-state index in [-0.39, 0.29) is 0 Å². The van der Waals surface area contributed by atoms with Gasteiger partial charge in [0.25, 0.3) is 10.0 Å². The maximum absolute atomic E-state index is 13.1. The molecular weight excluding hydrogens is 294 g/mol. The molecule has 0 bridgehead atoms. The number of rotatable bonds is 2. The summed E-state index contributed by atoms with van der Waals surface area (Å²) in [5, 5.41) is 0. The zero-order chi connectivity index (χ0) is 15.9. The molecule has 0 saturated heterocycles. The molecule has 0 spiro atoms. The van der Waals surface area contributed by atoms with Gasteiger partial charge in [0.1, 0.15) is 0 Å². The third-order valence-corrected chi connectivity index (χ3v) is 6.19. The fraction of sp³-hybridized carbons (Fsp3) is 0.333. The quantitative estimate of drug-likeness (QED) is 0.846. The Morgan fingerprint density at radius 2 is 1.64 bits per heavy atom. The lowest BCUT2D eigenvalue weighted by Gasteiger charge is -2.31. The smallest absolute Gasteiger partial charge is 0.264 e. The fourth-order valence-electron chi connectivity index (χ4n) is 3.11. The standard InChI is InChI=1S/C18H21NO2S/c1-13-7-9-18(15(3)11-13)22(20,21)19-10-4-5-16-8-6-14(2)12-17(16)19/h6-9,11-12H,4-5,10H2,1-3H3. The number of sulfonamides is 1. The topological polar surface area (TPSA) is 37.4 Å². The number of fused-ring (bicyclic) bond motifs is 1. The molecule has 0 saturated carbocycles. The van der Waals surface area contributed by atoms with E-state index >= 15 is 0 Å². The van der Waals surface area contributed by atoms with E-state index in [2.05, 4.69) is 0 Å². The lowest BCUT2D eigenvalue weighted by molar-refractivity contribution is 0.586. The van der Waals surface area contributed by atoms with Crippen LogP contribution in [0.3, 0.4) is 0 Å². The number of aryl methyl sites for hydroxylation is 4. The minimum absolute atomic E-state index is 0.410. The first-order valence-electron chi connectivity index (χ1n) is 7.59. The average Bonchev–Trinajstić information content (AvgIpc) is 2.46. The third-order valence-electron chi connectivity index (χ3n) is 4.22. The Morgan fingerprint density at radius 3 is 2.36 bits per heavy atom. The van der Waals surface area contributed by atoms with Gasteiger partial charge in [-0.3, -0.25) is 4.31 Å². The molecule has 3 rings (SSSR count). The van der Waals surface area contributed by atoms with Crippen molar-refractivity contribution < 1.29 is 8.42 Å². The first-order chi connectivity index (χ1) is 10.4. The molecule has 0 N–H and O–H groups in total. The molecule has 4 heteroatoms.